The average molecular weight is 271 g/mol. The van der Waals surface area contributed by atoms with Crippen molar-refractivity contribution in [3.63, 3.8) is 0 Å². The molecule has 18 heavy (non-hydrogen) atoms. The second-order valence-electron chi connectivity index (χ2n) is 3.60. The van der Waals surface area contributed by atoms with E-state index in [-0.39, 0.29) is 12.8 Å². The number of nitrogens with one attached hydrogen (secondary N) is 1. The third kappa shape index (κ3) is 4.79. The summed E-state index contributed by atoms with van der Waals surface area (Å²) in [5, 5.41) is 20.6. The number of carbonyl (C=O) groups is 2. The molecule has 4 N–H and O–H groups in total. The minimum atomic E-state index is -1.80. The Morgan fingerprint density at radius 2 is 1.83 bits per heavy atom. The van der Waals surface area contributed by atoms with Crippen LogP contribution >= 0.6 is 8.30 Å². The first kappa shape index (κ1) is 14.6. The summed E-state index contributed by atoms with van der Waals surface area (Å²) in [4.78, 5) is 31.2. The molecule has 2 atom stereocenters. The van der Waals surface area contributed by atoms with Crippen LogP contribution in [0, 0.1) is 0 Å². The number of hydrogen-bond donors (Lipinski definition) is 4. The lowest BCUT2D eigenvalue weighted by Crippen LogP contribution is -2.35. The van der Waals surface area contributed by atoms with Crippen molar-refractivity contribution in [1.82, 2.24) is 5.09 Å². The van der Waals surface area contributed by atoms with Gasteiger partial charge in [0.15, 0.2) is 0 Å². The molecule has 1 aromatic rings. The standard InChI is InChI=1S/C11H14NO5P/c13-10(14)7-6-9(11(15)16)12-18(17)8-4-2-1-3-5-8/h1-5,9,12,17H,6-7H2,(H,13,14)(H,15,16). The van der Waals surface area contributed by atoms with Gasteiger partial charge in [0, 0.05) is 11.7 Å². The highest BCUT2D eigenvalue weighted by atomic mass is 31.2. The predicted octanol–water partition coefficient (Wildman–Crippen LogP) is 0.524. The smallest absolute Gasteiger partial charge is 0.321 e. The van der Waals surface area contributed by atoms with E-state index in [1.165, 1.54) is 0 Å². The van der Waals surface area contributed by atoms with Gasteiger partial charge < -0.3 is 15.1 Å². The summed E-state index contributed by atoms with van der Waals surface area (Å²) in [6.45, 7) is 0. The minimum Gasteiger partial charge on any atom is -0.481 e. The maximum Gasteiger partial charge on any atom is 0.321 e. The van der Waals surface area contributed by atoms with Gasteiger partial charge in [0.1, 0.15) is 14.3 Å². The van der Waals surface area contributed by atoms with Crippen molar-refractivity contribution < 1.29 is 24.7 Å². The molecule has 98 valence electrons. The molecule has 0 aliphatic carbocycles. The SMILES string of the molecule is O=C(O)CCC(NP(O)c1ccccc1)C(=O)O. The predicted molar refractivity (Wildman–Crippen MR) is 66.6 cm³/mol. The van der Waals surface area contributed by atoms with Crippen LogP contribution in [0.4, 0.5) is 0 Å². The zero-order valence-corrected chi connectivity index (χ0v) is 10.4. The van der Waals surface area contributed by atoms with Crippen molar-refractivity contribution in [2.45, 2.75) is 18.9 Å². The van der Waals surface area contributed by atoms with Gasteiger partial charge in [-0.15, -0.1) is 0 Å². The summed E-state index contributed by atoms with van der Waals surface area (Å²) in [6, 6.07) is 7.53. The van der Waals surface area contributed by atoms with Crippen LogP contribution in [0.15, 0.2) is 30.3 Å². The Kier molecular flexibility index (Phi) is 5.71. The fourth-order valence-corrected chi connectivity index (χ4v) is 2.44. The second-order valence-corrected chi connectivity index (χ2v) is 5.00. The monoisotopic (exact) mass is 271 g/mol. The maximum atomic E-state index is 10.9. The van der Waals surface area contributed by atoms with Gasteiger partial charge in [0.05, 0.1) is 0 Å². The molecule has 6 nitrogen and oxygen atoms in total. The first-order valence-corrected chi connectivity index (χ1v) is 6.55. The van der Waals surface area contributed by atoms with Crippen molar-refractivity contribution in [2.24, 2.45) is 0 Å². The highest BCUT2D eigenvalue weighted by Crippen LogP contribution is 2.24. The Hall–Kier alpha value is -1.49. The van der Waals surface area contributed by atoms with E-state index < -0.39 is 26.3 Å². The largest absolute Gasteiger partial charge is 0.481 e. The topological polar surface area (TPSA) is 107 Å². The van der Waals surface area contributed by atoms with Crippen LogP contribution in [0.3, 0.4) is 0 Å². The summed E-state index contributed by atoms with van der Waals surface area (Å²) in [5.74, 6) is -2.24. The van der Waals surface area contributed by atoms with E-state index in [2.05, 4.69) is 5.09 Å². The summed E-state index contributed by atoms with van der Waals surface area (Å²) < 4.78 is 0. The molecule has 0 saturated heterocycles. The van der Waals surface area contributed by atoms with Crippen molar-refractivity contribution in [3.05, 3.63) is 30.3 Å². The van der Waals surface area contributed by atoms with Crippen LogP contribution in [-0.4, -0.2) is 33.1 Å². The summed E-state index contributed by atoms with van der Waals surface area (Å²) in [5.41, 5.74) is 0. The molecule has 0 saturated carbocycles. The summed E-state index contributed by atoms with van der Waals surface area (Å²) in [7, 11) is -1.80. The quantitative estimate of drug-likeness (QED) is 0.539. The Bertz CT molecular complexity index is 411. The summed E-state index contributed by atoms with van der Waals surface area (Å²) in [6.07, 6.45) is -0.335. The highest BCUT2D eigenvalue weighted by molar-refractivity contribution is 7.57. The van der Waals surface area contributed by atoms with Gasteiger partial charge in [-0.3, -0.25) is 14.7 Å². The Morgan fingerprint density at radius 1 is 1.22 bits per heavy atom. The van der Waals surface area contributed by atoms with Gasteiger partial charge >= 0.3 is 11.9 Å². The molecular weight excluding hydrogens is 257 g/mol. The van der Waals surface area contributed by atoms with E-state index in [9.17, 15) is 14.5 Å². The molecule has 7 heteroatoms. The first-order chi connectivity index (χ1) is 8.50. The number of rotatable bonds is 7. The van der Waals surface area contributed by atoms with Crippen LogP contribution in [0.1, 0.15) is 12.8 Å². The van der Waals surface area contributed by atoms with Crippen LogP contribution in [0.5, 0.6) is 0 Å². The molecule has 1 aromatic carbocycles. The number of benzene rings is 1. The number of hydrogen-bond acceptors (Lipinski definition) is 4. The van der Waals surface area contributed by atoms with Gasteiger partial charge in [-0.25, -0.2) is 0 Å². The van der Waals surface area contributed by atoms with Crippen molar-refractivity contribution >= 4 is 25.5 Å². The normalized spacial score (nSPS) is 13.8. The molecule has 0 fully saturated rings. The average Bonchev–Trinajstić information content (AvgIpc) is 2.34. The van der Waals surface area contributed by atoms with Gasteiger partial charge in [0.25, 0.3) is 0 Å². The number of carboxylic acids is 2. The van der Waals surface area contributed by atoms with Crippen molar-refractivity contribution in [3.8, 4) is 0 Å². The lowest BCUT2D eigenvalue weighted by atomic mass is 10.2. The lowest BCUT2D eigenvalue weighted by molar-refractivity contribution is -0.140. The third-order valence-electron chi connectivity index (χ3n) is 2.22. The zero-order chi connectivity index (χ0) is 13.5. The molecule has 0 heterocycles. The van der Waals surface area contributed by atoms with Gasteiger partial charge in [-0.2, -0.15) is 0 Å². The van der Waals surface area contributed by atoms with Gasteiger partial charge in [0.2, 0.25) is 0 Å². The molecule has 0 aliphatic heterocycles. The highest BCUT2D eigenvalue weighted by Gasteiger charge is 2.22. The Balaban J connectivity index is 2.60. The maximum absolute atomic E-state index is 10.9. The zero-order valence-electron chi connectivity index (χ0n) is 9.48. The fourth-order valence-electron chi connectivity index (χ4n) is 1.30. The Morgan fingerprint density at radius 3 is 2.33 bits per heavy atom. The van der Waals surface area contributed by atoms with Crippen LogP contribution in [0.25, 0.3) is 0 Å². The van der Waals surface area contributed by atoms with Crippen molar-refractivity contribution in [1.29, 1.82) is 0 Å². The van der Waals surface area contributed by atoms with Crippen LogP contribution < -0.4 is 10.4 Å². The first-order valence-electron chi connectivity index (χ1n) is 5.25. The van der Waals surface area contributed by atoms with Crippen molar-refractivity contribution in [2.75, 3.05) is 0 Å². The molecular formula is C11H14NO5P. The van der Waals surface area contributed by atoms with E-state index in [1.54, 1.807) is 30.3 Å². The van der Waals surface area contributed by atoms with Crippen LogP contribution in [0.2, 0.25) is 0 Å². The lowest BCUT2D eigenvalue weighted by Gasteiger charge is -2.18. The molecule has 0 aromatic heterocycles. The van der Waals surface area contributed by atoms with E-state index >= 15 is 0 Å². The molecule has 0 spiro atoms. The van der Waals surface area contributed by atoms with E-state index in [0.717, 1.165) is 0 Å². The summed E-state index contributed by atoms with van der Waals surface area (Å²) >= 11 is 0. The molecule has 0 amide bonds. The van der Waals surface area contributed by atoms with Crippen LogP contribution in [-0.2, 0) is 9.59 Å². The Labute approximate surface area is 105 Å². The van der Waals surface area contributed by atoms with Gasteiger partial charge in [-0.05, 0) is 6.42 Å². The second kappa shape index (κ2) is 7.06. The molecule has 0 bridgehead atoms. The molecule has 2 unspecified atom stereocenters. The minimum absolute atomic E-state index is 0.0725. The molecule has 0 radical (unpaired) electrons. The fraction of sp³-hybridized carbons (Fsp3) is 0.273. The van der Waals surface area contributed by atoms with E-state index in [4.69, 9.17) is 10.2 Å². The molecule has 1 rings (SSSR count). The number of aliphatic carboxylic acids is 2. The van der Waals surface area contributed by atoms with E-state index in [0.29, 0.717) is 5.30 Å². The van der Waals surface area contributed by atoms with Gasteiger partial charge in [-0.1, -0.05) is 30.3 Å². The van der Waals surface area contributed by atoms with E-state index in [1.807, 2.05) is 0 Å². The number of carboxylic acid groups (broad SMARTS) is 2. The third-order valence-corrected chi connectivity index (χ3v) is 3.57. The molecule has 0 aliphatic rings.